The topological polar surface area (TPSA) is 105 Å². The van der Waals surface area contributed by atoms with Crippen LogP contribution in [0.3, 0.4) is 0 Å². The number of nitrogens with zero attached hydrogens (tertiary/aromatic N) is 2. The Morgan fingerprint density at radius 2 is 1.76 bits per heavy atom. The van der Waals surface area contributed by atoms with Crippen LogP contribution in [0.2, 0.25) is 0 Å². The highest BCUT2D eigenvalue weighted by atomic mass is 79.9. The molecular formula is C28H24BrN3O6. The average Bonchev–Trinajstić information content (AvgIpc) is 3.30. The summed E-state index contributed by atoms with van der Waals surface area (Å²) in [5.74, 6) is 1.50. The van der Waals surface area contributed by atoms with Crippen LogP contribution >= 0.6 is 15.9 Å². The third kappa shape index (κ3) is 4.47. The molecule has 0 radical (unpaired) electrons. The van der Waals surface area contributed by atoms with Gasteiger partial charge in [0.1, 0.15) is 16.7 Å². The minimum absolute atomic E-state index is 0.0788. The minimum atomic E-state index is -0.248. The van der Waals surface area contributed by atoms with Gasteiger partial charge in [0.15, 0.2) is 11.5 Å². The molecule has 1 N–H and O–H groups in total. The Balaban J connectivity index is 1.51. The third-order valence-corrected chi connectivity index (χ3v) is 6.71. The van der Waals surface area contributed by atoms with Gasteiger partial charge in [0.2, 0.25) is 11.7 Å². The van der Waals surface area contributed by atoms with E-state index in [-0.39, 0.29) is 17.9 Å². The number of nitrogens with one attached hydrogen (secondary N) is 1. The maximum absolute atomic E-state index is 13.6. The monoisotopic (exact) mass is 577 g/mol. The molecule has 194 valence electrons. The summed E-state index contributed by atoms with van der Waals surface area (Å²) in [5, 5.41) is 8.20. The van der Waals surface area contributed by atoms with Crippen molar-refractivity contribution >= 4 is 49.3 Å². The van der Waals surface area contributed by atoms with Gasteiger partial charge in [-0.25, -0.2) is 0 Å². The van der Waals surface area contributed by atoms with Crippen LogP contribution in [0.15, 0.2) is 68.4 Å². The van der Waals surface area contributed by atoms with Crippen molar-refractivity contribution in [3.05, 3.63) is 80.7 Å². The fourth-order valence-electron chi connectivity index (χ4n) is 4.52. The Hall–Kier alpha value is -4.31. The van der Waals surface area contributed by atoms with E-state index in [1.54, 1.807) is 23.6 Å². The highest BCUT2D eigenvalue weighted by Gasteiger charge is 2.19. The summed E-state index contributed by atoms with van der Waals surface area (Å²) in [5.41, 5.74) is 2.80. The molecule has 2 aromatic heterocycles. The van der Waals surface area contributed by atoms with E-state index >= 15 is 0 Å². The van der Waals surface area contributed by atoms with Crippen LogP contribution in [0.25, 0.3) is 27.5 Å². The Morgan fingerprint density at radius 1 is 1.03 bits per heavy atom. The molecule has 5 aromatic rings. The summed E-state index contributed by atoms with van der Waals surface area (Å²) < 4.78 is 23.9. The van der Waals surface area contributed by atoms with Crippen molar-refractivity contribution < 1.29 is 23.5 Å². The molecule has 1 amide bonds. The van der Waals surface area contributed by atoms with Gasteiger partial charge in [0, 0.05) is 33.4 Å². The molecule has 9 nitrogen and oxygen atoms in total. The molecule has 0 atom stereocenters. The van der Waals surface area contributed by atoms with Crippen LogP contribution in [-0.2, 0) is 11.2 Å². The molecule has 0 fully saturated rings. The zero-order chi connectivity index (χ0) is 27.0. The fraction of sp³-hybridized carbons (Fsp3) is 0.179. The molecule has 38 heavy (non-hydrogen) atoms. The number of methoxy groups -OCH3 is 3. The minimum Gasteiger partial charge on any atom is -0.493 e. The van der Waals surface area contributed by atoms with Crippen molar-refractivity contribution in [1.29, 1.82) is 0 Å². The Morgan fingerprint density at radius 3 is 2.45 bits per heavy atom. The number of aryl methyl sites for hydroxylation is 1. The number of rotatable bonds is 7. The van der Waals surface area contributed by atoms with Gasteiger partial charge in [-0.1, -0.05) is 33.2 Å². The zero-order valence-electron chi connectivity index (χ0n) is 21.1. The molecule has 0 unspecified atom stereocenters. The quantitative estimate of drug-likeness (QED) is 0.276. The number of aromatic nitrogens is 2. The highest BCUT2D eigenvalue weighted by Crippen LogP contribution is 2.40. The number of halogens is 1. The lowest BCUT2D eigenvalue weighted by atomic mass is 10.1. The Labute approximate surface area is 226 Å². The van der Waals surface area contributed by atoms with E-state index < -0.39 is 0 Å². The molecule has 0 aliphatic carbocycles. The van der Waals surface area contributed by atoms with Gasteiger partial charge in [-0.3, -0.25) is 14.2 Å². The van der Waals surface area contributed by atoms with E-state index in [9.17, 15) is 9.59 Å². The molecule has 0 aliphatic heterocycles. The van der Waals surface area contributed by atoms with Crippen molar-refractivity contribution in [2.24, 2.45) is 0 Å². The third-order valence-electron chi connectivity index (χ3n) is 6.22. The first-order valence-electron chi connectivity index (χ1n) is 11.6. The first-order chi connectivity index (χ1) is 18.3. The van der Waals surface area contributed by atoms with Crippen LogP contribution in [0, 0.1) is 6.92 Å². The molecule has 0 bridgehead atoms. The summed E-state index contributed by atoms with van der Waals surface area (Å²) >= 11 is 3.50. The summed E-state index contributed by atoms with van der Waals surface area (Å²) in [6.45, 7) is 1.72. The van der Waals surface area contributed by atoms with Gasteiger partial charge >= 0.3 is 0 Å². The van der Waals surface area contributed by atoms with Crippen LogP contribution < -0.4 is 25.1 Å². The SMILES string of the molecule is COc1cc(NC(=O)Cc2cccc(-n3c(=O)c4c(C)onc4c4ccc(Br)cc43)c2)cc(OC)c1OC. The van der Waals surface area contributed by atoms with Gasteiger partial charge in [-0.05, 0) is 42.8 Å². The predicted molar refractivity (Wildman–Crippen MR) is 148 cm³/mol. The number of amides is 1. The maximum Gasteiger partial charge on any atom is 0.268 e. The molecule has 3 aromatic carbocycles. The molecule has 5 rings (SSSR count). The normalized spacial score (nSPS) is 11.1. The number of fused-ring (bicyclic) bond motifs is 3. The molecule has 10 heteroatoms. The molecule has 0 spiro atoms. The second-order valence-corrected chi connectivity index (χ2v) is 9.49. The number of pyridine rings is 1. The molecule has 0 aliphatic rings. The lowest BCUT2D eigenvalue weighted by Crippen LogP contribution is -2.20. The summed E-state index contributed by atoms with van der Waals surface area (Å²) in [6.07, 6.45) is 0.0788. The Bertz CT molecular complexity index is 1730. The second kappa shape index (κ2) is 10.2. The lowest BCUT2D eigenvalue weighted by molar-refractivity contribution is -0.115. The van der Waals surface area contributed by atoms with Crippen LogP contribution in [-0.4, -0.2) is 37.0 Å². The highest BCUT2D eigenvalue weighted by molar-refractivity contribution is 9.10. The number of ether oxygens (including phenoxy) is 3. The number of anilines is 1. The number of carbonyl (C=O) groups is 1. The second-order valence-electron chi connectivity index (χ2n) is 8.57. The van der Waals surface area contributed by atoms with Gasteiger partial charge in [-0.2, -0.15) is 0 Å². The van der Waals surface area contributed by atoms with E-state index in [1.807, 2.05) is 42.5 Å². The molecular weight excluding hydrogens is 554 g/mol. The van der Waals surface area contributed by atoms with Crippen LogP contribution in [0.5, 0.6) is 17.2 Å². The molecule has 0 saturated heterocycles. The van der Waals surface area contributed by atoms with Crippen LogP contribution in [0.4, 0.5) is 5.69 Å². The van der Waals surface area contributed by atoms with E-state index in [0.717, 1.165) is 15.4 Å². The first kappa shape index (κ1) is 25.3. The van der Waals surface area contributed by atoms with Crippen LogP contribution in [0.1, 0.15) is 11.3 Å². The van der Waals surface area contributed by atoms with Crippen molar-refractivity contribution in [3.63, 3.8) is 0 Å². The number of hydrogen-bond acceptors (Lipinski definition) is 7. The van der Waals surface area contributed by atoms with Crippen molar-refractivity contribution in [2.45, 2.75) is 13.3 Å². The van der Waals surface area contributed by atoms with E-state index in [2.05, 4.69) is 26.4 Å². The smallest absolute Gasteiger partial charge is 0.268 e. The summed E-state index contributed by atoms with van der Waals surface area (Å²) in [7, 11) is 4.54. The standard InChI is InChI=1S/C28H24BrN3O6/c1-15-25-26(31-38-15)20-9-8-17(29)12-21(20)32(28(25)34)19-7-5-6-16(10-19)11-24(33)30-18-13-22(35-2)27(37-4)23(14-18)36-3/h5-10,12-14H,11H2,1-4H3,(H,30,33). The largest absolute Gasteiger partial charge is 0.493 e. The maximum atomic E-state index is 13.6. The Kier molecular flexibility index (Phi) is 6.81. The summed E-state index contributed by atoms with van der Waals surface area (Å²) in [4.78, 5) is 26.6. The van der Waals surface area contributed by atoms with Gasteiger partial charge in [0.05, 0.1) is 33.3 Å². The molecule has 0 saturated carbocycles. The zero-order valence-corrected chi connectivity index (χ0v) is 22.7. The van der Waals surface area contributed by atoms with Gasteiger partial charge in [0.25, 0.3) is 5.56 Å². The van der Waals surface area contributed by atoms with E-state index in [0.29, 0.717) is 50.8 Å². The number of benzene rings is 3. The van der Waals surface area contributed by atoms with Crippen molar-refractivity contribution in [3.8, 4) is 22.9 Å². The first-order valence-corrected chi connectivity index (χ1v) is 12.4. The van der Waals surface area contributed by atoms with Crippen molar-refractivity contribution in [2.75, 3.05) is 26.6 Å². The number of hydrogen-bond donors (Lipinski definition) is 1. The summed E-state index contributed by atoms with van der Waals surface area (Å²) in [6, 6.07) is 16.3. The predicted octanol–water partition coefficient (Wildman–Crippen LogP) is 5.41. The average molecular weight is 578 g/mol. The number of carbonyl (C=O) groups excluding carboxylic acids is 1. The van der Waals surface area contributed by atoms with Crippen molar-refractivity contribution in [1.82, 2.24) is 9.72 Å². The lowest BCUT2D eigenvalue weighted by Gasteiger charge is -2.15. The molecule has 2 heterocycles. The van der Waals surface area contributed by atoms with Gasteiger partial charge in [-0.15, -0.1) is 0 Å². The van der Waals surface area contributed by atoms with E-state index in [4.69, 9.17) is 18.7 Å². The van der Waals surface area contributed by atoms with E-state index in [1.165, 1.54) is 21.3 Å². The fourth-order valence-corrected chi connectivity index (χ4v) is 4.87. The van der Waals surface area contributed by atoms with Gasteiger partial charge < -0.3 is 24.1 Å².